The van der Waals surface area contributed by atoms with E-state index in [-0.39, 0.29) is 29.9 Å². The number of thiophene rings is 1. The first-order chi connectivity index (χ1) is 15.5. The average molecular weight is 454 g/mol. The number of carbonyl (C=O) groups excluding carboxylic acids is 1. The van der Waals surface area contributed by atoms with Crippen LogP contribution < -0.4 is 16.6 Å². The van der Waals surface area contributed by atoms with Crippen LogP contribution in [0.2, 0.25) is 0 Å². The predicted octanol–water partition coefficient (Wildman–Crippen LogP) is 2.25. The maximum absolute atomic E-state index is 13.2. The third-order valence-corrected chi connectivity index (χ3v) is 6.63. The van der Waals surface area contributed by atoms with Gasteiger partial charge in [-0.05, 0) is 48.4 Å². The Balaban J connectivity index is 1.51. The molecule has 4 aromatic rings. The van der Waals surface area contributed by atoms with Gasteiger partial charge in [-0.15, -0.1) is 16.4 Å². The van der Waals surface area contributed by atoms with Gasteiger partial charge in [-0.2, -0.15) is 0 Å². The fraction of sp³-hybridized carbons (Fsp3) is 0.364. The summed E-state index contributed by atoms with van der Waals surface area (Å²) in [4.78, 5) is 38.9. The van der Waals surface area contributed by atoms with Gasteiger partial charge in [0.2, 0.25) is 11.7 Å². The zero-order valence-corrected chi connectivity index (χ0v) is 18.4. The molecule has 0 aliphatic carbocycles. The Morgan fingerprint density at radius 2 is 2.06 bits per heavy atom. The predicted molar refractivity (Wildman–Crippen MR) is 123 cm³/mol. The molecule has 32 heavy (non-hydrogen) atoms. The van der Waals surface area contributed by atoms with Crippen molar-refractivity contribution < 1.29 is 9.53 Å². The van der Waals surface area contributed by atoms with Gasteiger partial charge in [-0.3, -0.25) is 14.2 Å². The molecule has 3 aromatic heterocycles. The van der Waals surface area contributed by atoms with Crippen molar-refractivity contribution in [2.45, 2.75) is 45.4 Å². The third kappa shape index (κ3) is 3.65. The number of nitrogens with one attached hydrogen (secondary N) is 1. The number of anilines is 1. The van der Waals surface area contributed by atoms with Gasteiger partial charge in [0.05, 0.1) is 18.2 Å². The van der Waals surface area contributed by atoms with E-state index >= 15 is 0 Å². The zero-order chi connectivity index (χ0) is 22.2. The van der Waals surface area contributed by atoms with Gasteiger partial charge in [0.25, 0.3) is 5.56 Å². The molecule has 0 spiro atoms. The number of fused-ring (bicyclic) bond motifs is 3. The first kappa shape index (κ1) is 20.7. The fourth-order valence-corrected chi connectivity index (χ4v) is 4.88. The van der Waals surface area contributed by atoms with Gasteiger partial charge in [0.1, 0.15) is 11.2 Å². The number of amides is 1. The summed E-state index contributed by atoms with van der Waals surface area (Å²) in [6, 6.07) is 9.29. The van der Waals surface area contributed by atoms with Crippen molar-refractivity contribution in [3.05, 3.63) is 62.1 Å². The Morgan fingerprint density at radius 1 is 1.25 bits per heavy atom. The maximum atomic E-state index is 13.2. The zero-order valence-electron chi connectivity index (χ0n) is 17.6. The highest BCUT2D eigenvalue weighted by atomic mass is 32.1. The number of rotatable bonds is 6. The topological polar surface area (TPSA) is 99.6 Å². The van der Waals surface area contributed by atoms with E-state index in [9.17, 15) is 14.4 Å². The number of hydrogen-bond acceptors (Lipinski definition) is 6. The summed E-state index contributed by atoms with van der Waals surface area (Å²) in [7, 11) is 0. The largest absolute Gasteiger partial charge is 0.376 e. The molecule has 1 aliphatic heterocycles. The molecular weight excluding hydrogens is 430 g/mol. The van der Waals surface area contributed by atoms with Crippen LogP contribution in [0.15, 0.2) is 45.3 Å². The lowest BCUT2D eigenvalue weighted by atomic mass is 10.1. The number of aryl methyl sites for hydroxylation is 1. The van der Waals surface area contributed by atoms with E-state index in [1.54, 1.807) is 11.4 Å². The first-order valence-electron chi connectivity index (χ1n) is 10.6. The van der Waals surface area contributed by atoms with E-state index in [1.165, 1.54) is 25.9 Å². The van der Waals surface area contributed by atoms with Crippen LogP contribution in [0.3, 0.4) is 0 Å². The maximum Gasteiger partial charge on any atom is 0.352 e. The molecule has 0 saturated carbocycles. The summed E-state index contributed by atoms with van der Waals surface area (Å²) < 4.78 is 10.2. The third-order valence-electron chi connectivity index (χ3n) is 5.74. The second kappa shape index (κ2) is 8.36. The molecule has 0 bridgehead atoms. The second-order valence-corrected chi connectivity index (χ2v) is 8.78. The van der Waals surface area contributed by atoms with Crippen molar-refractivity contribution in [3.8, 4) is 0 Å². The Morgan fingerprint density at radius 3 is 2.78 bits per heavy atom. The Kier molecular flexibility index (Phi) is 5.40. The second-order valence-electron chi connectivity index (χ2n) is 7.86. The van der Waals surface area contributed by atoms with E-state index in [2.05, 4.69) is 17.3 Å². The Bertz CT molecular complexity index is 1410. The van der Waals surface area contributed by atoms with Crippen LogP contribution in [0.1, 0.15) is 25.3 Å². The number of nitrogens with zero attached hydrogens (tertiary/aromatic N) is 4. The lowest BCUT2D eigenvalue weighted by Gasteiger charge is -2.12. The highest BCUT2D eigenvalue weighted by molar-refractivity contribution is 7.17. The van der Waals surface area contributed by atoms with E-state index in [0.29, 0.717) is 29.1 Å². The van der Waals surface area contributed by atoms with E-state index in [4.69, 9.17) is 4.74 Å². The van der Waals surface area contributed by atoms with Crippen molar-refractivity contribution in [2.75, 3.05) is 11.9 Å². The number of aromatic nitrogens is 4. The summed E-state index contributed by atoms with van der Waals surface area (Å²) in [6.07, 6.45) is 2.61. The number of hydrogen-bond donors (Lipinski definition) is 1. The van der Waals surface area contributed by atoms with Crippen LogP contribution in [0, 0.1) is 0 Å². The molecular formula is C22H23N5O4S. The van der Waals surface area contributed by atoms with E-state index in [0.717, 1.165) is 23.9 Å². The van der Waals surface area contributed by atoms with Crippen LogP contribution >= 0.6 is 11.3 Å². The normalized spacial score (nSPS) is 16.2. The molecule has 0 unspecified atom stereocenters. The molecule has 1 fully saturated rings. The van der Waals surface area contributed by atoms with Gasteiger partial charge < -0.3 is 10.1 Å². The van der Waals surface area contributed by atoms with Crippen molar-refractivity contribution >= 4 is 38.9 Å². The molecule has 9 nitrogen and oxygen atoms in total. The molecule has 1 aromatic carbocycles. The van der Waals surface area contributed by atoms with Gasteiger partial charge in [0, 0.05) is 12.3 Å². The molecule has 1 N–H and O–H groups in total. The van der Waals surface area contributed by atoms with E-state index in [1.807, 2.05) is 24.3 Å². The lowest BCUT2D eigenvalue weighted by Crippen LogP contribution is -2.30. The van der Waals surface area contributed by atoms with Crippen LogP contribution in [0.25, 0.3) is 16.0 Å². The highest BCUT2D eigenvalue weighted by Gasteiger charge is 2.23. The lowest BCUT2D eigenvalue weighted by molar-refractivity contribution is -0.117. The summed E-state index contributed by atoms with van der Waals surface area (Å²) in [5, 5.41) is 8.94. The molecule has 5 rings (SSSR count). The van der Waals surface area contributed by atoms with Crippen LogP contribution in [0.4, 0.5) is 5.69 Å². The Labute approximate surface area is 186 Å². The quantitative estimate of drug-likeness (QED) is 0.483. The average Bonchev–Trinajstić information content (AvgIpc) is 3.53. The summed E-state index contributed by atoms with van der Waals surface area (Å²) in [5.74, 6) is -0.143. The van der Waals surface area contributed by atoms with Gasteiger partial charge in [0.15, 0.2) is 0 Å². The summed E-state index contributed by atoms with van der Waals surface area (Å²) >= 11 is 1.29. The Hall–Kier alpha value is -3.24. The molecule has 4 heterocycles. The standard InChI is InChI=1S/C22H23N5O4S/c1-2-14-5-7-15(8-6-14)23-18(28)13-26-22(30)27-17-9-11-32-19(17)20(29)25(21(27)24-26)12-16-4-3-10-31-16/h5-9,11,16H,2-4,10,12-13H2,1H3,(H,23,28)/t16-/m0/s1. The van der Waals surface area contributed by atoms with Crippen LogP contribution in [0.5, 0.6) is 0 Å². The van der Waals surface area contributed by atoms with Crippen LogP contribution in [-0.2, 0) is 29.0 Å². The molecule has 166 valence electrons. The van der Waals surface area contributed by atoms with Crippen molar-refractivity contribution in [2.24, 2.45) is 0 Å². The van der Waals surface area contributed by atoms with Crippen molar-refractivity contribution in [1.82, 2.24) is 18.7 Å². The molecule has 1 saturated heterocycles. The minimum absolute atomic E-state index is 0.0939. The highest BCUT2D eigenvalue weighted by Crippen LogP contribution is 2.19. The smallest absolute Gasteiger partial charge is 0.352 e. The van der Waals surface area contributed by atoms with Crippen LogP contribution in [-0.4, -0.2) is 37.4 Å². The summed E-state index contributed by atoms with van der Waals surface area (Å²) in [6.45, 7) is 2.79. The molecule has 0 radical (unpaired) electrons. The van der Waals surface area contributed by atoms with Gasteiger partial charge in [-0.25, -0.2) is 13.9 Å². The number of carbonyl (C=O) groups is 1. The molecule has 1 atom stereocenters. The first-order valence-corrected chi connectivity index (χ1v) is 11.5. The molecule has 1 aliphatic rings. The van der Waals surface area contributed by atoms with Gasteiger partial charge >= 0.3 is 5.69 Å². The molecule has 10 heteroatoms. The van der Waals surface area contributed by atoms with Gasteiger partial charge in [-0.1, -0.05) is 19.1 Å². The van der Waals surface area contributed by atoms with Crippen molar-refractivity contribution in [1.29, 1.82) is 0 Å². The number of benzene rings is 1. The summed E-state index contributed by atoms with van der Waals surface area (Å²) in [5.41, 5.74) is 1.67. The van der Waals surface area contributed by atoms with E-state index < -0.39 is 5.69 Å². The van der Waals surface area contributed by atoms with Crippen molar-refractivity contribution in [3.63, 3.8) is 0 Å². The minimum Gasteiger partial charge on any atom is -0.376 e. The SMILES string of the molecule is CCc1ccc(NC(=O)Cn2nc3n(C[C@@H]4CCCO4)c(=O)c4sccc4n3c2=O)cc1. The monoisotopic (exact) mass is 453 g/mol. The minimum atomic E-state index is -0.457. The number of ether oxygens (including phenoxy) is 1. The fourth-order valence-electron chi connectivity index (χ4n) is 4.05. The molecule has 1 amide bonds.